The lowest BCUT2D eigenvalue weighted by atomic mass is 10.2. The van der Waals surface area contributed by atoms with E-state index in [4.69, 9.17) is 21.1 Å². The van der Waals surface area contributed by atoms with Crippen molar-refractivity contribution in [3.63, 3.8) is 0 Å². The maximum absolute atomic E-state index is 12.7. The zero-order valence-electron chi connectivity index (χ0n) is 17.0. The topological polar surface area (TPSA) is 130 Å². The van der Waals surface area contributed by atoms with Crippen molar-refractivity contribution in [2.75, 3.05) is 17.9 Å². The minimum absolute atomic E-state index is 0.0200. The number of H-pyrrole nitrogens is 2. The normalized spacial score (nSPS) is 11.3. The number of halogens is 1. The Labute approximate surface area is 193 Å². The smallest absolute Gasteiger partial charge is 0.338 e. The molecule has 3 N–H and O–H groups in total. The molecule has 0 amide bonds. The number of hydrogen-bond acceptors (Lipinski definition) is 6. The molecule has 9 nitrogen and oxygen atoms in total. The van der Waals surface area contributed by atoms with Gasteiger partial charge in [0.1, 0.15) is 19.0 Å². The third kappa shape index (κ3) is 5.54. The number of esters is 1. The Morgan fingerprint density at radius 1 is 0.939 bits per heavy atom. The van der Waals surface area contributed by atoms with Crippen molar-refractivity contribution in [2.45, 2.75) is 4.90 Å². The van der Waals surface area contributed by atoms with Crippen molar-refractivity contribution in [1.82, 2.24) is 9.97 Å². The lowest BCUT2D eigenvalue weighted by molar-refractivity contribution is 0.0450. The molecule has 170 valence electrons. The Hall–Kier alpha value is -3.76. The summed E-state index contributed by atoms with van der Waals surface area (Å²) in [5, 5.41) is 0.542. The van der Waals surface area contributed by atoms with Crippen LogP contribution in [-0.2, 0) is 14.8 Å². The molecule has 0 unspecified atom stereocenters. The van der Waals surface area contributed by atoms with Crippen molar-refractivity contribution in [3.8, 4) is 5.75 Å². The summed E-state index contributed by atoms with van der Waals surface area (Å²) in [6.07, 6.45) is 0. The van der Waals surface area contributed by atoms with Crippen LogP contribution in [0.25, 0.3) is 11.0 Å². The highest BCUT2D eigenvalue weighted by molar-refractivity contribution is 7.92. The molecular weight excluding hydrogens is 470 g/mol. The van der Waals surface area contributed by atoms with E-state index in [0.717, 1.165) is 0 Å². The maximum Gasteiger partial charge on any atom is 0.338 e. The fourth-order valence-electron chi connectivity index (χ4n) is 3.00. The molecule has 0 bridgehead atoms. The molecule has 4 rings (SSSR count). The Kier molecular flexibility index (Phi) is 6.38. The quantitative estimate of drug-likeness (QED) is 0.257. The number of aromatic amines is 2. The third-order valence-corrected chi connectivity index (χ3v) is 6.17. The van der Waals surface area contributed by atoms with Crippen LogP contribution in [0.15, 0.2) is 76.4 Å². The van der Waals surface area contributed by atoms with E-state index in [0.29, 0.717) is 21.8 Å². The third-order valence-electron chi connectivity index (χ3n) is 4.55. The van der Waals surface area contributed by atoms with Gasteiger partial charge in [-0.15, -0.1) is 0 Å². The number of imidazole rings is 1. The molecule has 0 spiro atoms. The fraction of sp³-hybridized carbons (Fsp3) is 0.0909. The molecule has 0 radical (unpaired) electrons. The molecule has 33 heavy (non-hydrogen) atoms. The summed E-state index contributed by atoms with van der Waals surface area (Å²) >= 11 is 5.88. The number of aromatic nitrogens is 2. The first-order valence-corrected chi connectivity index (χ1v) is 11.6. The maximum atomic E-state index is 12.7. The van der Waals surface area contributed by atoms with Crippen molar-refractivity contribution in [3.05, 3.63) is 87.8 Å². The van der Waals surface area contributed by atoms with Gasteiger partial charge in [0.15, 0.2) is 0 Å². The van der Waals surface area contributed by atoms with Crippen LogP contribution in [0.4, 0.5) is 5.69 Å². The van der Waals surface area contributed by atoms with Crippen LogP contribution in [0.1, 0.15) is 10.4 Å². The zero-order chi connectivity index (χ0) is 23.4. The number of nitrogens with one attached hydrogen (secondary N) is 3. The number of sulfonamides is 1. The average Bonchev–Trinajstić information content (AvgIpc) is 3.16. The first-order valence-electron chi connectivity index (χ1n) is 9.71. The summed E-state index contributed by atoms with van der Waals surface area (Å²) in [4.78, 5) is 28.6. The van der Waals surface area contributed by atoms with E-state index < -0.39 is 21.7 Å². The highest BCUT2D eigenvalue weighted by Crippen LogP contribution is 2.20. The number of rotatable bonds is 8. The number of carbonyl (C=O) groups excluding carboxylic acids is 1. The molecule has 0 saturated carbocycles. The molecular formula is C22H18ClN3O6S. The van der Waals surface area contributed by atoms with Crippen molar-refractivity contribution in [2.24, 2.45) is 0 Å². The van der Waals surface area contributed by atoms with Crippen LogP contribution < -0.4 is 15.1 Å². The number of anilines is 1. The SMILES string of the molecule is O=C(OCCOc1cccc(Cl)c1)c1ccc(NS(=O)(=O)c2ccc3[nH]c(=O)[nH]c3c2)cc1. The van der Waals surface area contributed by atoms with Crippen molar-refractivity contribution >= 4 is 44.3 Å². The summed E-state index contributed by atoms with van der Waals surface area (Å²) in [6.45, 7) is 0.185. The fourth-order valence-corrected chi connectivity index (χ4v) is 4.27. The van der Waals surface area contributed by atoms with Gasteiger partial charge < -0.3 is 19.4 Å². The second kappa shape index (κ2) is 9.39. The van der Waals surface area contributed by atoms with E-state index in [9.17, 15) is 18.0 Å². The molecule has 0 aliphatic rings. The second-order valence-corrected chi connectivity index (χ2v) is 9.03. The molecule has 1 heterocycles. The van der Waals surface area contributed by atoms with Gasteiger partial charge in [0.25, 0.3) is 10.0 Å². The van der Waals surface area contributed by atoms with Gasteiger partial charge in [0.2, 0.25) is 0 Å². The van der Waals surface area contributed by atoms with Gasteiger partial charge in [-0.05, 0) is 60.7 Å². The van der Waals surface area contributed by atoms with Crippen LogP contribution in [0.5, 0.6) is 5.75 Å². The van der Waals surface area contributed by atoms with E-state index in [1.807, 2.05) is 0 Å². The number of carbonyl (C=O) groups is 1. The van der Waals surface area contributed by atoms with E-state index >= 15 is 0 Å². The van der Waals surface area contributed by atoms with Gasteiger partial charge in [-0.3, -0.25) is 4.72 Å². The molecule has 3 aromatic carbocycles. The zero-order valence-corrected chi connectivity index (χ0v) is 18.6. The number of hydrogen-bond donors (Lipinski definition) is 3. The molecule has 1 aromatic heterocycles. The monoisotopic (exact) mass is 487 g/mol. The van der Waals surface area contributed by atoms with Gasteiger partial charge >= 0.3 is 11.7 Å². The summed E-state index contributed by atoms with van der Waals surface area (Å²) in [6, 6.07) is 16.9. The van der Waals surface area contributed by atoms with E-state index in [-0.39, 0.29) is 29.4 Å². The van der Waals surface area contributed by atoms with Crippen LogP contribution >= 0.6 is 11.6 Å². The molecule has 0 saturated heterocycles. The summed E-state index contributed by atoms with van der Waals surface area (Å²) in [5.74, 6) is -0.00170. The molecule has 4 aromatic rings. The van der Waals surface area contributed by atoms with Gasteiger partial charge in [-0.1, -0.05) is 17.7 Å². The lowest BCUT2D eigenvalue weighted by Crippen LogP contribution is -2.14. The van der Waals surface area contributed by atoms with Gasteiger partial charge in [-0.2, -0.15) is 0 Å². The van der Waals surface area contributed by atoms with Crippen LogP contribution in [0, 0.1) is 0 Å². The summed E-state index contributed by atoms with van der Waals surface area (Å²) < 4.78 is 38.4. The van der Waals surface area contributed by atoms with Crippen LogP contribution in [0.3, 0.4) is 0 Å². The predicted molar refractivity (Wildman–Crippen MR) is 123 cm³/mol. The Morgan fingerprint density at radius 3 is 2.45 bits per heavy atom. The average molecular weight is 488 g/mol. The predicted octanol–water partition coefficient (Wildman–Crippen LogP) is 3.55. The van der Waals surface area contributed by atoms with E-state index in [1.54, 1.807) is 24.3 Å². The first-order chi connectivity index (χ1) is 15.8. The van der Waals surface area contributed by atoms with Gasteiger partial charge in [-0.25, -0.2) is 18.0 Å². The summed E-state index contributed by atoms with van der Waals surface area (Å²) in [7, 11) is -3.90. The standard InChI is InChI=1S/C22H18ClN3O6S/c23-15-2-1-3-17(12-15)31-10-11-32-21(27)14-4-6-16(7-5-14)26-33(29,30)18-8-9-19-20(13-18)25-22(28)24-19/h1-9,12-13,26H,10-11H2,(H2,24,25,28). The first kappa shape index (κ1) is 22.4. The Bertz CT molecular complexity index is 1460. The molecule has 11 heteroatoms. The summed E-state index contributed by atoms with van der Waals surface area (Å²) in [5.41, 5.74) is 0.969. The number of ether oxygens (including phenoxy) is 2. The van der Waals surface area contributed by atoms with Gasteiger partial charge in [0.05, 0.1) is 21.5 Å². The van der Waals surface area contributed by atoms with Crippen molar-refractivity contribution < 1.29 is 22.7 Å². The van der Waals surface area contributed by atoms with Crippen LogP contribution in [0.2, 0.25) is 5.02 Å². The van der Waals surface area contributed by atoms with Gasteiger partial charge in [0, 0.05) is 10.7 Å². The minimum atomic E-state index is -3.90. The Balaban J connectivity index is 1.33. The van der Waals surface area contributed by atoms with Crippen molar-refractivity contribution in [1.29, 1.82) is 0 Å². The number of fused-ring (bicyclic) bond motifs is 1. The highest BCUT2D eigenvalue weighted by atomic mass is 35.5. The lowest BCUT2D eigenvalue weighted by Gasteiger charge is -2.10. The molecule has 0 fully saturated rings. The highest BCUT2D eigenvalue weighted by Gasteiger charge is 2.16. The largest absolute Gasteiger partial charge is 0.490 e. The second-order valence-electron chi connectivity index (χ2n) is 6.91. The van der Waals surface area contributed by atoms with E-state index in [1.165, 1.54) is 42.5 Å². The number of benzene rings is 3. The van der Waals surface area contributed by atoms with E-state index in [2.05, 4.69) is 14.7 Å². The molecule has 0 aliphatic heterocycles. The molecule has 0 atom stereocenters. The van der Waals surface area contributed by atoms with Crippen LogP contribution in [-0.4, -0.2) is 37.6 Å². The molecule has 0 aliphatic carbocycles. The Morgan fingerprint density at radius 2 is 1.70 bits per heavy atom. The minimum Gasteiger partial charge on any atom is -0.490 e.